The first-order chi connectivity index (χ1) is 8.45. The molecule has 2 heterocycles. The molecule has 0 amide bonds. The van der Waals surface area contributed by atoms with Crippen LogP contribution >= 0.6 is 11.3 Å². The summed E-state index contributed by atoms with van der Waals surface area (Å²) in [5.74, 6) is 0. The molecule has 2 N–H and O–H groups in total. The summed E-state index contributed by atoms with van der Waals surface area (Å²) in [4.78, 5) is 0.408. The zero-order valence-corrected chi connectivity index (χ0v) is 11.7. The van der Waals surface area contributed by atoms with Crippen LogP contribution in [-0.2, 0) is 10.0 Å². The largest absolute Gasteiger partial charge is 0.317 e. The van der Waals surface area contributed by atoms with Gasteiger partial charge in [0.1, 0.15) is 15.2 Å². The second kappa shape index (κ2) is 4.97. The molecule has 0 aliphatic carbocycles. The van der Waals surface area contributed by atoms with Gasteiger partial charge >= 0.3 is 0 Å². The first-order valence-electron chi connectivity index (χ1n) is 5.70. The highest BCUT2D eigenvalue weighted by molar-refractivity contribution is 7.91. The Morgan fingerprint density at radius 2 is 2.11 bits per heavy atom. The Hall–Kier alpha value is -0.940. The summed E-state index contributed by atoms with van der Waals surface area (Å²) in [6.07, 6.45) is 1.53. The van der Waals surface area contributed by atoms with E-state index in [0.717, 1.165) is 37.3 Å². The molecule has 7 heteroatoms. The molecule has 0 aromatic carbocycles. The van der Waals surface area contributed by atoms with Crippen molar-refractivity contribution in [2.45, 2.75) is 29.5 Å². The monoisotopic (exact) mass is 285 g/mol. The van der Waals surface area contributed by atoms with Gasteiger partial charge in [0.15, 0.2) is 0 Å². The molecule has 0 saturated carbocycles. The Labute approximate surface area is 111 Å². The minimum Gasteiger partial charge on any atom is -0.317 e. The van der Waals surface area contributed by atoms with Gasteiger partial charge in [-0.15, -0.1) is 11.3 Å². The molecular formula is C11H15N3O2S2. The van der Waals surface area contributed by atoms with Crippen molar-refractivity contribution in [1.82, 2.24) is 10.0 Å². The number of hydrogen-bond acceptors (Lipinski definition) is 5. The smallest absolute Gasteiger partial charge is 0.250 e. The van der Waals surface area contributed by atoms with Gasteiger partial charge in [-0.05, 0) is 45.0 Å². The van der Waals surface area contributed by atoms with Gasteiger partial charge in [0, 0.05) is 5.54 Å². The van der Waals surface area contributed by atoms with Crippen molar-refractivity contribution < 1.29 is 8.42 Å². The third kappa shape index (κ3) is 2.90. The number of sulfonamides is 1. The normalized spacial score (nSPS) is 19.3. The molecule has 2 rings (SSSR count). The molecule has 1 fully saturated rings. The lowest BCUT2D eigenvalue weighted by molar-refractivity contribution is 0.308. The molecular weight excluding hydrogens is 270 g/mol. The Kier molecular flexibility index (Phi) is 3.73. The Balaban J connectivity index is 2.19. The van der Waals surface area contributed by atoms with Gasteiger partial charge in [-0.1, -0.05) is 0 Å². The van der Waals surface area contributed by atoms with Gasteiger partial charge in [-0.25, -0.2) is 13.1 Å². The van der Waals surface area contributed by atoms with E-state index in [-0.39, 0.29) is 4.21 Å². The highest BCUT2D eigenvalue weighted by Crippen LogP contribution is 2.25. The predicted molar refractivity (Wildman–Crippen MR) is 69.9 cm³/mol. The van der Waals surface area contributed by atoms with E-state index in [1.165, 1.54) is 12.1 Å². The van der Waals surface area contributed by atoms with Crippen LogP contribution in [0.25, 0.3) is 0 Å². The second-order valence-electron chi connectivity index (χ2n) is 4.65. The van der Waals surface area contributed by atoms with Crippen LogP contribution in [-0.4, -0.2) is 27.0 Å². The number of nitriles is 1. The van der Waals surface area contributed by atoms with Gasteiger partial charge in [-0.3, -0.25) is 0 Å². The lowest BCUT2D eigenvalue weighted by Gasteiger charge is -2.34. The van der Waals surface area contributed by atoms with Crippen LogP contribution in [0.5, 0.6) is 0 Å². The van der Waals surface area contributed by atoms with Crippen LogP contribution in [0.15, 0.2) is 16.3 Å². The molecule has 18 heavy (non-hydrogen) atoms. The van der Waals surface area contributed by atoms with Gasteiger partial charge in [0.05, 0.1) is 0 Å². The molecule has 0 atom stereocenters. The third-order valence-electron chi connectivity index (χ3n) is 3.04. The van der Waals surface area contributed by atoms with Gasteiger partial charge < -0.3 is 5.32 Å². The predicted octanol–water partition coefficient (Wildman–Crippen LogP) is 1.04. The average molecular weight is 285 g/mol. The summed E-state index contributed by atoms with van der Waals surface area (Å²) in [6.45, 7) is 3.55. The van der Waals surface area contributed by atoms with Gasteiger partial charge in [0.2, 0.25) is 0 Å². The molecule has 98 valence electrons. The molecule has 0 bridgehead atoms. The maximum atomic E-state index is 12.2. The molecule has 1 aliphatic rings. The van der Waals surface area contributed by atoms with E-state index in [4.69, 9.17) is 5.26 Å². The van der Waals surface area contributed by atoms with E-state index in [9.17, 15) is 8.42 Å². The summed E-state index contributed by atoms with van der Waals surface area (Å²) in [5, 5.41) is 11.9. The van der Waals surface area contributed by atoms with E-state index in [1.54, 1.807) is 0 Å². The minimum absolute atomic E-state index is 0.207. The van der Waals surface area contributed by atoms with E-state index in [0.29, 0.717) is 4.88 Å². The topological polar surface area (TPSA) is 82.0 Å². The first kappa shape index (κ1) is 13.5. The van der Waals surface area contributed by atoms with Crippen molar-refractivity contribution in [2.24, 2.45) is 0 Å². The summed E-state index contributed by atoms with van der Waals surface area (Å²) in [6, 6.07) is 4.96. The SMILES string of the molecule is CC1(NS(=O)(=O)c2ccc(C#N)s2)CCNCC1. The Morgan fingerprint density at radius 3 is 2.67 bits per heavy atom. The van der Waals surface area contributed by atoms with E-state index < -0.39 is 15.6 Å². The van der Waals surface area contributed by atoms with Crippen LogP contribution in [0, 0.1) is 11.3 Å². The number of thiophene rings is 1. The Bertz CT molecular complexity index is 565. The number of hydrogen-bond donors (Lipinski definition) is 2. The average Bonchev–Trinajstić information content (AvgIpc) is 2.77. The fourth-order valence-electron chi connectivity index (χ4n) is 1.98. The van der Waals surface area contributed by atoms with Crippen LogP contribution in [0.1, 0.15) is 24.6 Å². The molecule has 1 saturated heterocycles. The van der Waals surface area contributed by atoms with Crippen molar-refractivity contribution in [2.75, 3.05) is 13.1 Å². The zero-order chi connectivity index (χ0) is 13.2. The fraction of sp³-hybridized carbons (Fsp3) is 0.545. The number of nitrogens with one attached hydrogen (secondary N) is 2. The minimum atomic E-state index is -3.52. The van der Waals surface area contributed by atoms with E-state index in [2.05, 4.69) is 10.0 Å². The number of piperidine rings is 1. The molecule has 1 aliphatic heterocycles. The zero-order valence-electron chi connectivity index (χ0n) is 10.1. The molecule has 5 nitrogen and oxygen atoms in total. The number of rotatable bonds is 3. The van der Waals surface area contributed by atoms with Gasteiger partial charge in [-0.2, -0.15) is 5.26 Å². The standard InChI is InChI=1S/C11H15N3O2S2/c1-11(4-6-13-7-5-11)14-18(15,16)10-3-2-9(8-12)17-10/h2-3,13-14H,4-7H2,1H3. The maximum Gasteiger partial charge on any atom is 0.250 e. The molecule has 0 spiro atoms. The van der Waals surface area contributed by atoms with Crippen molar-refractivity contribution in [3.63, 3.8) is 0 Å². The number of nitrogens with zero attached hydrogens (tertiary/aromatic N) is 1. The summed E-state index contributed by atoms with van der Waals surface area (Å²) in [7, 11) is -3.52. The molecule has 0 radical (unpaired) electrons. The molecule has 1 aromatic heterocycles. The van der Waals surface area contributed by atoms with Crippen molar-refractivity contribution in [3.8, 4) is 6.07 Å². The molecule has 0 unspecified atom stereocenters. The van der Waals surface area contributed by atoms with Crippen LogP contribution in [0.4, 0.5) is 0 Å². The lowest BCUT2D eigenvalue weighted by atomic mass is 9.92. The highest BCUT2D eigenvalue weighted by Gasteiger charge is 2.32. The lowest BCUT2D eigenvalue weighted by Crippen LogP contribution is -2.52. The Morgan fingerprint density at radius 1 is 1.44 bits per heavy atom. The quantitative estimate of drug-likeness (QED) is 0.869. The third-order valence-corrected chi connectivity index (χ3v) is 6.16. The van der Waals surface area contributed by atoms with Gasteiger partial charge in [0.25, 0.3) is 10.0 Å². The van der Waals surface area contributed by atoms with Crippen LogP contribution < -0.4 is 10.0 Å². The highest BCUT2D eigenvalue weighted by atomic mass is 32.2. The van der Waals surface area contributed by atoms with Crippen LogP contribution in [0.2, 0.25) is 0 Å². The molecule has 1 aromatic rings. The van der Waals surface area contributed by atoms with Crippen LogP contribution in [0.3, 0.4) is 0 Å². The maximum absolute atomic E-state index is 12.2. The summed E-state index contributed by atoms with van der Waals surface area (Å²) in [5.41, 5.74) is -0.402. The summed E-state index contributed by atoms with van der Waals surface area (Å²) < 4.78 is 27.4. The van der Waals surface area contributed by atoms with E-state index in [1.807, 2.05) is 13.0 Å². The second-order valence-corrected chi connectivity index (χ2v) is 7.64. The summed E-state index contributed by atoms with van der Waals surface area (Å²) >= 11 is 1.000. The fourth-order valence-corrected chi connectivity index (χ4v) is 4.55. The van der Waals surface area contributed by atoms with Crippen molar-refractivity contribution in [3.05, 3.63) is 17.0 Å². The van der Waals surface area contributed by atoms with Crippen molar-refractivity contribution >= 4 is 21.4 Å². The first-order valence-corrected chi connectivity index (χ1v) is 8.00. The van der Waals surface area contributed by atoms with Crippen molar-refractivity contribution in [1.29, 1.82) is 5.26 Å². The van der Waals surface area contributed by atoms with E-state index >= 15 is 0 Å².